The zero-order chi connectivity index (χ0) is 11.7. The highest BCUT2D eigenvalue weighted by Gasteiger charge is 2.30. The standard InChI is InChI=1S/C10H19N3O2/c1-6-14-10(4,5)7-12-8(15-13-7)9(2,3)11/h6,11H2,1-5H3. The SMILES string of the molecule is CCOC(C)(C)c1noc(C(C)(C)N)n1. The van der Waals surface area contributed by atoms with Crippen LogP contribution in [-0.4, -0.2) is 16.7 Å². The Balaban J connectivity index is 2.94. The third-order valence-electron chi connectivity index (χ3n) is 2.02. The van der Waals surface area contributed by atoms with Crippen LogP contribution in [0, 0.1) is 0 Å². The summed E-state index contributed by atoms with van der Waals surface area (Å²) in [6, 6.07) is 0. The van der Waals surface area contributed by atoms with Crippen molar-refractivity contribution in [2.45, 2.75) is 45.8 Å². The molecule has 86 valence electrons. The Labute approximate surface area is 90.0 Å². The van der Waals surface area contributed by atoms with E-state index >= 15 is 0 Å². The highest BCUT2D eigenvalue weighted by molar-refractivity contribution is 5.02. The number of aromatic nitrogens is 2. The summed E-state index contributed by atoms with van der Waals surface area (Å²) in [5, 5.41) is 3.88. The van der Waals surface area contributed by atoms with Crippen molar-refractivity contribution in [3.8, 4) is 0 Å². The van der Waals surface area contributed by atoms with Crippen molar-refractivity contribution >= 4 is 0 Å². The maximum Gasteiger partial charge on any atom is 0.246 e. The van der Waals surface area contributed by atoms with Gasteiger partial charge in [-0.1, -0.05) is 5.16 Å². The van der Waals surface area contributed by atoms with Crippen molar-refractivity contribution in [2.75, 3.05) is 6.61 Å². The van der Waals surface area contributed by atoms with Crippen LogP contribution in [-0.2, 0) is 15.9 Å². The molecule has 0 saturated heterocycles. The first-order valence-corrected chi connectivity index (χ1v) is 5.05. The van der Waals surface area contributed by atoms with E-state index in [1.54, 1.807) is 0 Å². The molecule has 0 amide bonds. The van der Waals surface area contributed by atoms with Crippen molar-refractivity contribution in [1.82, 2.24) is 10.1 Å². The number of hydrogen-bond donors (Lipinski definition) is 1. The maximum atomic E-state index is 5.85. The van der Waals surface area contributed by atoms with Crippen molar-refractivity contribution in [3.05, 3.63) is 11.7 Å². The number of nitrogens with zero attached hydrogens (tertiary/aromatic N) is 2. The lowest BCUT2D eigenvalue weighted by Crippen LogP contribution is -2.30. The van der Waals surface area contributed by atoms with Gasteiger partial charge in [0.1, 0.15) is 5.60 Å². The minimum Gasteiger partial charge on any atom is -0.368 e. The molecule has 0 aliphatic heterocycles. The van der Waals surface area contributed by atoms with E-state index in [0.29, 0.717) is 18.3 Å². The first kappa shape index (κ1) is 12.1. The monoisotopic (exact) mass is 213 g/mol. The first-order valence-electron chi connectivity index (χ1n) is 5.05. The fourth-order valence-corrected chi connectivity index (χ4v) is 1.16. The lowest BCUT2D eigenvalue weighted by Gasteiger charge is -2.20. The van der Waals surface area contributed by atoms with E-state index in [2.05, 4.69) is 10.1 Å². The molecule has 1 aromatic rings. The van der Waals surface area contributed by atoms with Crippen LogP contribution in [0.1, 0.15) is 46.3 Å². The van der Waals surface area contributed by atoms with Gasteiger partial charge in [0.15, 0.2) is 0 Å². The van der Waals surface area contributed by atoms with Crippen LogP contribution in [0.4, 0.5) is 0 Å². The Morgan fingerprint density at radius 1 is 1.33 bits per heavy atom. The maximum absolute atomic E-state index is 5.85. The van der Waals surface area contributed by atoms with Gasteiger partial charge < -0.3 is 15.0 Å². The molecule has 0 radical (unpaired) electrons. The minimum absolute atomic E-state index is 0.422. The van der Waals surface area contributed by atoms with E-state index in [4.69, 9.17) is 15.0 Å². The van der Waals surface area contributed by atoms with Crippen LogP contribution in [0.5, 0.6) is 0 Å². The molecule has 0 unspecified atom stereocenters. The molecule has 0 bridgehead atoms. The molecule has 0 spiro atoms. The summed E-state index contributed by atoms with van der Waals surface area (Å²) in [5.74, 6) is 0.947. The molecule has 0 aliphatic carbocycles. The molecular weight excluding hydrogens is 194 g/mol. The summed E-state index contributed by atoms with van der Waals surface area (Å²) >= 11 is 0. The summed E-state index contributed by atoms with van der Waals surface area (Å²) in [6.07, 6.45) is 0. The molecule has 1 aromatic heterocycles. The number of hydrogen-bond acceptors (Lipinski definition) is 5. The van der Waals surface area contributed by atoms with Gasteiger partial charge in [0.05, 0.1) is 5.54 Å². The van der Waals surface area contributed by atoms with Crippen LogP contribution in [0.15, 0.2) is 4.52 Å². The van der Waals surface area contributed by atoms with Gasteiger partial charge in [-0.25, -0.2) is 0 Å². The molecular formula is C10H19N3O2. The fourth-order valence-electron chi connectivity index (χ4n) is 1.16. The predicted molar refractivity (Wildman–Crippen MR) is 56.2 cm³/mol. The molecule has 0 fully saturated rings. The molecule has 0 saturated carbocycles. The number of ether oxygens (including phenoxy) is 1. The van der Waals surface area contributed by atoms with Crippen LogP contribution in [0.25, 0.3) is 0 Å². The van der Waals surface area contributed by atoms with Gasteiger partial charge in [-0.2, -0.15) is 4.98 Å². The zero-order valence-corrected chi connectivity index (χ0v) is 10.00. The van der Waals surface area contributed by atoms with Crippen LogP contribution < -0.4 is 5.73 Å². The van der Waals surface area contributed by atoms with Crippen molar-refractivity contribution in [3.63, 3.8) is 0 Å². The van der Waals surface area contributed by atoms with Gasteiger partial charge in [-0.3, -0.25) is 0 Å². The summed E-state index contributed by atoms with van der Waals surface area (Å²) in [7, 11) is 0. The zero-order valence-electron chi connectivity index (χ0n) is 10.00. The first-order chi connectivity index (χ1) is 6.77. The summed E-state index contributed by atoms with van der Waals surface area (Å²) < 4.78 is 10.6. The molecule has 0 aliphatic rings. The van der Waals surface area contributed by atoms with E-state index in [0.717, 1.165) is 0 Å². The van der Waals surface area contributed by atoms with Gasteiger partial charge >= 0.3 is 0 Å². The van der Waals surface area contributed by atoms with Crippen LogP contribution in [0.2, 0.25) is 0 Å². The average molecular weight is 213 g/mol. The summed E-state index contributed by atoms with van der Waals surface area (Å²) in [5.41, 5.74) is 4.69. The topological polar surface area (TPSA) is 74.2 Å². The van der Waals surface area contributed by atoms with Gasteiger partial charge in [0.2, 0.25) is 11.7 Å². The van der Waals surface area contributed by atoms with Crippen LogP contribution in [0.3, 0.4) is 0 Å². The Hall–Kier alpha value is -0.940. The van der Waals surface area contributed by atoms with Crippen molar-refractivity contribution < 1.29 is 9.26 Å². The molecule has 0 aromatic carbocycles. The molecule has 5 nitrogen and oxygen atoms in total. The largest absolute Gasteiger partial charge is 0.368 e. The van der Waals surface area contributed by atoms with Crippen molar-refractivity contribution in [2.24, 2.45) is 5.73 Å². The Kier molecular flexibility index (Phi) is 3.16. The van der Waals surface area contributed by atoms with E-state index in [-0.39, 0.29) is 0 Å². The molecule has 5 heteroatoms. The smallest absolute Gasteiger partial charge is 0.246 e. The van der Waals surface area contributed by atoms with Gasteiger partial charge in [-0.05, 0) is 34.6 Å². The molecule has 1 rings (SSSR count). The summed E-state index contributed by atoms with van der Waals surface area (Å²) in [4.78, 5) is 4.24. The second-order valence-corrected chi connectivity index (χ2v) is 4.59. The molecule has 15 heavy (non-hydrogen) atoms. The van der Waals surface area contributed by atoms with Crippen molar-refractivity contribution in [1.29, 1.82) is 0 Å². The predicted octanol–water partition coefficient (Wildman–Crippen LogP) is 1.53. The number of nitrogens with two attached hydrogens (primary N) is 1. The highest BCUT2D eigenvalue weighted by atomic mass is 16.5. The average Bonchev–Trinajstić information content (AvgIpc) is 2.50. The van der Waals surface area contributed by atoms with E-state index in [9.17, 15) is 0 Å². The van der Waals surface area contributed by atoms with Gasteiger partial charge in [-0.15, -0.1) is 0 Å². The van der Waals surface area contributed by atoms with Gasteiger partial charge in [0, 0.05) is 6.61 Å². The van der Waals surface area contributed by atoms with Crippen LogP contribution >= 0.6 is 0 Å². The minimum atomic E-state index is -0.618. The molecule has 1 heterocycles. The second kappa shape index (κ2) is 3.90. The quantitative estimate of drug-likeness (QED) is 0.821. The normalized spacial score (nSPS) is 13.2. The summed E-state index contributed by atoms with van der Waals surface area (Å²) in [6.45, 7) is 9.96. The fraction of sp³-hybridized carbons (Fsp3) is 0.800. The van der Waals surface area contributed by atoms with E-state index in [1.807, 2.05) is 34.6 Å². The Morgan fingerprint density at radius 2 is 1.93 bits per heavy atom. The Bertz CT molecular complexity index is 326. The molecule has 0 atom stereocenters. The lowest BCUT2D eigenvalue weighted by atomic mass is 10.1. The highest BCUT2D eigenvalue weighted by Crippen LogP contribution is 2.23. The third-order valence-corrected chi connectivity index (χ3v) is 2.02. The van der Waals surface area contributed by atoms with E-state index in [1.165, 1.54) is 0 Å². The lowest BCUT2D eigenvalue weighted by molar-refractivity contribution is -0.0221. The Morgan fingerprint density at radius 3 is 2.33 bits per heavy atom. The number of rotatable bonds is 4. The second-order valence-electron chi connectivity index (χ2n) is 4.59. The third kappa shape index (κ3) is 2.76. The van der Waals surface area contributed by atoms with E-state index < -0.39 is 11.1 Å². The van der Waals surface area contributed by atoms with Gasteiger partial charge in [0.25, 0.3) is 0 Å². The molecule has 2 N–H and O–H groups in total.